The number of nitrogens with zero attached hydrogens (tertiary/aromatic N) is 3. The molecule has 7 aromatic carbocycles. The zero-order valence-corrected chi connectivity index (χ0v) is 49.5. The topological polar surface area (TPSA) is 277 Å². The average molecular weight is 1150 g/mol. The molecule has 0 saturated carbocycles. The van der Waals surface area contributed by atoms with Crippen molar-refractivity contribution < 1.29 is 85.9 Å². The Hall–Kier alpha value is -7.72. The van der Waals surface area contributed by atoms with Gasteiger partial charge in [-0.25, -0.2) is 8.42 Å². The zero-order valence-electron chi connectivity index (χ0n) is 46.0. The van der Waals surface area contributed by atoms with E-state index in [1.807, 2.05) is 19.1 Å². The largest absolute Gasteiger partial charge is 1.00 e. The molecule has 0 fully saturated rings. The third-order valence-electron chi connectivity index (χ3n) is 13.8. The van der Waals surface area contributed by atoms with Crippen LogP contribution in [0.1, 0.15) is 99.6 Å². The van der Waals surface area contributed by atoms with Gasteiger partial charge in [-0.15, -0.1) is 5.11 Å². The van der Waals surface area contributed by atoms with E-state index in [0.717, 1.165) is 30.5 Å². The Balaban J connectivity index is 0.0000106. The molecule has 0 spiro atoms. The quantitative estimate of drug-likeness (QED) is 0.00936. The number of aromatic hydroxyl groups is 1. The number of rotatable bonds is 22. The number of nitro benzene ring substituents is 1. The first-order valence-corrected chi connectivity index (χ1v) is 27.1. The fourth-order valence-electron chi connectivity index (χ4n) is 8.20. The van der Waals surface area contributed by atoms with Gasteiger partial charge >= 0.3 is 29.6 Å². The minimum Gasteiger partial charge on any atom is -0.744 e. The van der Waals surface area contributed by atoms with Gasteiger partial charge in [-0.2, -0.15) is 5.11 Å². The molecule has 4 N–H and O–H groups in total. The fourth-order valence-corrected chi connectivity index (χ4v) is 8.89. The molecule has 7 aromatic rings. The second kappa shape index (κ2) is 26.3. The van der Waals surface area contributed by atoms with Gasteiger partial charge in [0.15, 0.2) is 6.10 Å². The van der Waals surface area contributed by atoms with E-state index in [0.29, 0.717) is 17.9 Å². The zero-order chi connectivity index (χ0) is 58.3. The van der Waals surface area contributed by atoms with Crippen LogP contribution in [0.4, 0.5) is 34.1 Å². The molecular weight excluding hydrogens is 1090 g/mol. The first kappa shape index (κ1) is 62.5. The standard InChI is InChI=1S/C59H59ClN6O13S.Na/c1-9-50(79-51-29-16-36(58(4,5)10-2)30-45(51)59(6,7)11-3)56(70)61-38-19-27-46(60)48(31-38)63-57(71)54(53(68)34-12-22-40(77-8)23-13-34)78-41-24-14-35(15-25-41)55(69)62-47-33-42(80(74,75)76)32-44-43(47)26-28-49(67)52(44)65-64-37-17-20-39(21-18-37)66(72)73;/h12-33,50,54,67H,9-11H2,1-8H3,(H,61,70)(H,62,69)(H,63,71)(H,74,75,76);/q;+1/p-1. The van der Waals surface area contributed by atoms with Crippen molar-refractivity contribution in [2.75, 3.05) is 23.1 Å². The van der Waals surface area contributed by atoms with E-state index in [4.69, 9.17) is 25.8 Å². The minimum atomic E-state index is -5.17. The van der Waals surface area contributed by atoms with Crippen molar-refractivity contribution in [2.24, 2.45) is 10.2 Å². The summed E-state index contributed by atoms with van der Waals surface area (Å²) in [7, 11) is -3.72. The van der Waals surface area contributed by atoms with Gasteiger partial charge in [0.05, 0.1) is 39.0 Å². The average Bonchev–Trinajstić information content (AvgIpc) is 3.47. The van der Waals surface area contributed by atoms with E-state index in [1.165, 1.54) is 110 Å². The van der Waals surface area contributed by atoms with Gasteiger partial charge in [0.2, 0.25) is 11.9 Å². The van der Waals surface area contributed by atoms with Crippen molar-refractivity contribution in [2.45, 2.75) is 95.7 Å². The Kier molecular flexibility index (Phi) is 20.2. The Morgan fingerprint density at radius 1 is 0.704 bits per heavy atom. The van der Waals surface area contributed by atoms with E-state index in [-0.39, 0.29) is 107 Å². The van der Waals surface area contributed by atoms with Gasteiger partial charge in [0, 0.05) is 45.3 Å². The summed E-state index contributed by atoms with van der Waals surface area (Å²) in [5, 5.41) is 38.2. The molecule has 0 aliphatic rings. The van der Waals surface area contributed by atoms with Crippen LogP contribution in [-0.4, -0.2) is 65.8 Å². The molecule has 416 valence electrons. The Labute approximate surface area is 495 Å². The number of nitro groups is 1. The molecule has 2 unspecified atom stereocenters. The minimum absolute atomic E-state index is 0. The van der Waals surface area contributed by atoms with Gasteiger partial charge < -0.3 is 39.8 Å². The molecule has 22 heteroatoms. The number of hydrogen-bond donors (Lipinski definition) is 4. The molecule has 0 aliphatic heterocycles. The van der Waals surface area contributed by atoms with E-state index in [2.05, 4.69) is 73.8 Å². The van der Waals surface area contributed by atoms with Crippen LogP contribution in [0.2, 0.25) is 5.02 Å². The molecule has 0 radical (unpaired) electrons. The van der Waals surface area contributed by atoms with Crippen LogP contribution in [-0.2, 0) is 30.5 Å². The first-order chi connectivity index (χ1) is 37.9. The van der Waals surface area contributed by atoms with Crippen LogP contribution in [0.25, 0.3) is 10.8 Å². The number of ketones is 1. The Morgan fingerprint density at radius 3 is 1.95 bits per heavy atom. The molecule has 3 amide bonds. The normalized spacial score (nSPS) is 12.4. The van der Waals surface area contributed by atoms with Crippen LogP contribution in [0.3, 0.4) is 0 Å². The number of nitrogens with one attached hydrogen (secondary N) is 3. The molecule has 0 saturated heterocycles. The maximum atomic E-state index is 14.3. The maximum absolute atomic E-state index is 14.3. The van der Waals surface area contributed by atoms with Crippen molar-refractivity contribution in [3.63, 3.8) is 0 Å². The predicted octanol–water partition coefficient (Wildman–Crippen LogP) is 10.1. The van der Waals surface area contributed by atoms with Gasteiger partial charge in [-0.05, 0) is 145 Å². The summed E-state index contributed by atoms with van der Waals surface area (Å²) in [4.78, 5) is 66.0. The predicted molar refractivity (Wildman–Crippen MR) is 303 cm³/mol. The summed E-state index contributed by atoms with van der Waals surface area (Å²) in [6, 6.07) is 31.2. The molecule has 0 bridgehead atoms. The molecule has 7 rings (SSSR count). The van der Waals surface area contributed by atoms with Crippen LogP contribution in [0, 0.1) is 10.1 Å². The van der Waals surface area contributed by atoms with Crippen molar-refractivity contribution >= 4 is 90.1 Å². The Morgan fingerprint density at radius 2 is 1.35 bits per heavy atom. The summed E-state index contributed by atoms with van der Waals surface area (Å²) < 4.78 is 54.9. The number of hydrogen-bond acceptors (Lipinski definition) is 15. The van der Waals surface area contributed by atoms with E-state index in [1.54, 1.807) is 6.07 Å². The van der Waals surface area contributed by atoms with Gasteiger partial charge in [-0.3, -0.25) is 29.3 Å². The number of amides is 3. The number of non-ortho nitro benzene ring substituents is 1. The Bertz CT molecular complexity index is 3650. The number of ether oxygens (including phenoxy) is 3. The number of carbonyl (C=O) groups is 4. The second-order valence-corrected chi connectivity index (χ2v) is 21.7. The van der Waals surface area contributed by atoms with E-state index < -0.39 is 61.4 Å². The van der Waals surface area contributed by atoms with Crippen molar-refractivity contribution in [1.82, 2.24) is 0 Å². The number of azo groups is 1. The number of phenolic OH excluding ortho intramolecular Hbond substituents is 1. The van der Waals surface area contributed by atoms with E-state index >= 15 is 0 Å². The second-order valence-electron chi connectivity index (χ2n) is 19.9. The molecule has 2 atom stereocenters. The summed E-state index contributed by atoms with van der Waals surface area (Å²) in [6.07, 6.45) is -0.685. The number of anilines is 3. The molecule has 19 nitrogen and oxygen atoms in total. The van der Waals surface area contributed by atoms with Gasteiger partial charge in [0.1, 0.15) is 38.8 Å². The molecule has 0 heterocycles. The third-order valence-corrected chi connectivity index (χ3v) is 15.0. The van der Waals surface area contributed by atoms with Gasteiger partial charge in [0.25, 0.3) is 23.4 Å². The van der Waals surface area contributed by atoms with Crippen LogP contribution >= 0.6 is 11.6 Å². The number of benzene rings is 7. The molecule has 0 aliphatic carbocycles. The van der Waals surface area contributed by atoms with E-state index in [9.17, 15) is 47.4 Å². The number of Topliss-reactive ketones (excluding diaryl/α,β-unsaturated/α-hetero) is 1. The van der Waals surface area contributed by atoms with Crippen molar-refractivity contribution in [3.05, 3.63) is 171 Å². The molecular formula is C59H58ClN6NaO13S. The number of carbonyl (C=O) groups excluding carboxylic acids is 4. The smallest absolute Gasteiger partial charge is 0.744 e. The summed E-state index contributed by atoms with van der Waals surface area (Å²) in [6.45, 7) is 14.7. The summed E-state index contributed by atoms with van der Waals surface area (Å²) in [5.74, 6) is -2.46. The van der Waals surface area contributed by atoms with Crippen LogP contribution in [0.5, 0.6) is 23.0 Å². The SMILES string of the molecule is CCC(Oc1ccc(C(C)(C)CC)cc1C(C)(C)CC)C(=O)Nc1ccc(Cl)c(NC(=O)C(Oc2ccc(C(=O)Nc3cc(S(=O)(=O)[O-])cc4c(N=Nc5ccc([N+](=O)[O-])cc5)c(O)ccc34)cc2)C(=O)c2ccc(OC)cc2)c1.[Na+]. The van der Waals surface area contributed by atoms with Crippen LogP contribution in [0.15, 0.2) is 149 Å². The number of fused-ring (bicyclic) bond motifs is 1. The van der Waals surface area contributed by atoms with Gasteiger partial charge in [-0.1, -0.05) is 72.2 Å². The molecule has 81 heavy (non-hydrogen) atoms. The third kappa shape index (κ3) is 15.0. The number of halogens is 1. The fraction of sp³-hybridized carbons (Fsp3) is 0.254. The maximum Gasteiger partial charge on any atom is 1.00 e. The summed E-state index contributed by atoms with van der Waals surface area (Å²) >= 11 is 6.62. The monoisotopic (exact) mass is 1150 g/mol. The number of methoxy groups -OCH3 is 1. The summed E-state index contributed by atoms with van der Waals surface area (Å²) in [5.41, 5.74) is 1.64. The van der Waals surface area contributed by atoms with Crippen LogP contribution < -0.4 is 59.7 Å². The van der Waals surface area contributed by atoms with Crippen molar-refractivity contribution in [1.29, 1.82) is 0 Å². The first-order valence-electron chi connectivity index (χ1n) is 25.3. The number of phenols is 1. The van der Waals surface area contributed by atoms with Crippen molar-refractivity contribution in [3.8, 4) is 23.0 Å². The molecule has 0 aromatic heterocycles.